The number of carbonyl (C=O) groups is 2. The van der Waals surface area contributed by atoms with Crippen LogP contribution >= 0.6 is 0 Å². The van der Waals surface area contributed by atoms with Crippen molar-refractivity contribution in [3.8, 4) is 5.75 Å². The summed E-state index contributed by atoms with van der Waals surface area (Å²) in [5.74, 6) is 0.960. The van der Waals surface area contributed by atoms with Gasteiger partial charge in [-0.05, 0) is 63.4 Å². The minimum absolute atomic E-state index is 0.0828. The molecule has 136 valence electrons. The highest BCUT2D eigenvalue weighted by atomic mass is 16.5. The molecule has 2 aliphatic heterocycles. The van der Waals surface area contributed by atoms with Crippen molar-refractivity contribution in [3.05, 3.63) is 23.8 Å². The zero-order valence-electron chi connectivity index (χ0n) is 14.9. The van der Waals surface area contributed by atoms with Gasteiger partial charge in [-0.15, -0.1) is 0 Å². The summed E-state index contributed by atoms with van der Waals surface area (Å²) in [6.45, 7) is 6.82. The Morgan fingerprint density at radius 1 is 1.36 bits per heavy atom. The molecule has 0 bridgehead atoms. The fourth-order valence-corrected chi connectivity index (χ4v) is 3.42. The maximum Gasteiger partial charge on any atom is 0.306 e. The summed E-state index contributed by atoms with van der Waals surface area (Å²) in [5.41, 5.74) is 1.90. The van der Waals surface area contributed by atoms with Crippen LogP contribution in [0.4, 0.5) is 5.69 Å². The molecule has 25 heavy (non-hydrogen) atoms. The summed E-state index contributed by atoms with van der Waals surface area (Å²) < 4.78 is 10.6. The van der Waals surface area contributed by atoms with Gasteiger partial charge in [0.2, 0.25) is 0 Å². The predicted octanol–water partition coefficient (Wildman–Crippen LogP) is 2.57. The third kappa shape index (κ3) is 4.51. The molecule has 3 rings (SSSR count). The lowest BCUT2D eigenvalue weighted by atomic mass is 9.93. The van der Waals surface area contributed by atoms with Crippen LogP contribution in [0, 0.1) is 5.92 Å². The van der Waals surface area contributed by atoms with Crippen LogP contribution in [0.2, 0.25) is 0 Å². The summed E-state index contributed by atoms with van der Waals surface area (Å²) in [5, 5.41) is 2.89. The molecule has 1 saturated heterocycles. The Morgan fingerprint density at radius 2 is 2.12 bits per heavy atom. The van der Waals surface area contributed by atoms with E-state index in [1.54, 1.807) is 6.92 Å². The molecule has 1 aromatic carbocycles. The minimum Gasteiger partial charge on any atom is -0.479 e. The second-order valence-electron chi connectivity index (χ2n) is 6.81. The first-order valence-electron chi connectivity index (χ1n) is 9.03. The maximum absolute atomic E-state index is 11.7. The number of likely N-dealkylation sites (tertiary alicyclic amines) is 1. The fraction of sp³-hybridized carbons (Fsp3) is 0.579. The van der Waals surface area contributed by atoms with Gasteiger partial charge >= 0.3 is 5.97 Å². The van der Waals surface area contributed by atoms with Gasteiger partial charge in [-0.3, -0.25) is 14.5 Å². The minimum atomic E-state index is -0.447. The second kappa shape index (κ2) is 7.87. The van der Waals surface area contributed by atoms with Crippen molar-refractivity contribution in [2.24, 2.45) is 5.92 Å². The average Bonchev–Trinajstić information content (AvgIpc) is 2.58. The quantitative estimate of drug-likeness (QED) is 0.830. The van der Waals surface area contributed by atoms with Crippen molar-refractivity contribution in [1.82, 2.24) is 4.90 Å². The number of hydrogen-bond acceptors (Lipinski definition) is 5. The Balaban J connectivity index is 1.52. The Hall–Kier alpha value is -2.08. The smallest absolute Gasteiger partial charge is 0.306 e. The largest absolute Gasteiger partial charge is 0.479 e. The monoisotopic (exact) mass is 346 g/mol. The van der Waals surface area contributed by atoms with Crippen molar-refractivity contribution in [2.75, 3.05) is 25.0 Å². The third-order valence-electron chi connectivity index (χ3n) is 4.85. The van der Waals surface area contributed by atoms with Crippen molar-refractivity contribution in [2.45, 2.75) is 45.8 Å². The molecule has 0 aromatic heterocycles. The molecule has 1 aromatic rings. The summed E-state index contributed by atoms with van der Waals surface area (Å²) in [6.07, 6.45) is 2.11. The van der Waals surface area contributed by atoms with Gasteiger partial charge < -0.3 is 14.8 Å². The van der Waals surface area contributed by atoms with E-state index in [2.05, 4.69) is 10.2 Å². The van der Waals surface area contributed by atoms with Crippen LogP contribution in [-0.2, 0) is 20.9 Å². The van der Waals surface area contributed by atoms with E-state index in [1.807, 2.05) is 25.1 Å². The van der Waals surface area contributed by atoms with E-state index in [0.29, 0.717) is 18.9 Å². The first-order chi connectivity index (χ1) is 12.0. The van der Waals surface area contributed by atoms with E-state index in [1.165, 1.54) is 0 Å². The van der Waals surface area contributed by atoms with Crippen LogP contribution in [0.1, 0.15) is 38.7 Å². The number of carbonyl (C=O) groups excluding carboxylic acids is 2. The Morgan fingerprint density at radius 3 is 2.84 bits per heavy atom. The summed E-state index contributed by atoms with van der Waals surface area (Å²) >= 11 is 0. The molecule has 1 atom stereocenters. The predicted molar refractivity (Wildman–Crippen MR) is 94.4 cm³/mol. The van der Waals surface area contributed by atoms with Crippen molar-refractivity contribution >= 4 is 17.6 Å². The molecule has 2 aliphatic rings. The van der Waals surface area contributed by atoms with Crippen LogP contribution in [0.3, 0.4) is 0 Å². The van der Waals surface area contributed by atoms with Gasteiger partial charge in [0.15, 0.2) is 6.10 Å². The van der Waals surface area contributed by atoms with Gasteiger partial charge in [0.05, 0.1) is 12.3 Å². The zero-order valence-corrected chi connectivity index (χ0v) is 14.9. The van der Waals surface area contributed by atoms with E-state index in [-0.39, 0.29) is 11.9 Å². The maximum atomic E-state index is 11.7. The summed E-state index contributed by atoms with van der Waals surface area (Å²) in [7, 11) is 0. The Bertz CT molecular complexity index is 638. The van der Waals surface area contributed by atoms with E-state index < -0.39 is 6.10 Å². The van der Waals surface area contributed by atoms with Gasteiger partial charge in [0, 0.05) is 13.0 Å². The Kier molecular flexibility index (Phi) is 5.58. The van der Waals surface area contributed by atoms with Crippen LogP contribution in [-0.4, -0.2) is 42.6 Å². The van der Waals surface area contributed by atoms with Crippen LogP contribution < -0.4 is 10.1 Å². The number of nitrogens with one attached hydrogen (secondary N) is 1. The molecular weight excluding hydrogens is 320 g/mol. The molecule has 1 amide bonds. The zero-order chi connectivity index (χ0) is 17.8. The number of anilines is 1. The van der Waals surface area contributed by atoms with Crippen LogP contribution in [0.25, 0.3) is 0 Å². The summed E-state index contributed by atoms with van der Waals surface area (Å²) in [4.78, 5) is 25.7. The number of esters is 1. The number of ether oxygens (including phenoxy) is 2. The summed E-state index contributed by atoms with van der Waals surface area (Å²) in [6, 6.07) is 5.96. The molecule has 1 fully saturated rings. The molecule has 0 radical (unpaired) electrons. The van der Waals surface area contributed by atoms with Gasteiger partial charge in [-0.2, -0.15) is 0 Å². The standard InChI is InChI=1S/C19H26N2O4/c1-3-24-18(22)11-14-6-8-21(9-7-14)12-15-4-5-17-16(10-15)20-19(23)13(2)25-17/h4-5,10,13-14H,3,6-9,11-12H2,1-2H3,(H,20,23). The topological polar surface area (TPSA) is 67.9 Å². The van der Waals surface area contributed by atoms with Crippen molar-refractivity contribution in [3.63, 3.8) is 0 Å². The van der Waals surface area contributed by atoms with Gasteiger partial charge in [0.1, 0.15) is 5.75 Å². The average molecular weight is 346 g/mol. The second-order valence-corrected chi connectivity index (χ2v) is 6.81. The molecule has 1 N–H and O–H groups in total. The molecule has 0 saturated carbocycles. The number of rotatable bonds is 5. The molecule has 6 nitrogen and oxygen atoms in total. The lowest BCUT2D eigenvalue weighted by Gasteiger charge is -2.32. The molecular formula is C19H26N2O4. The normalized spacial score (nSPS) is 21.2. The number of hydrogen-bond donors (Lipinski definition) is 1. The third-order valence-corrected chi connectivity index (χ3v) is 4.85. The van der Waals surface area contributed by atoms with Crippen LogP contribution in [0.15, 0.2) is 18.2 Å². The fourth-order valence-electron chi connectivity index (χ4n) is 3.42. The first-order valence-corrected chi connectivity index (χ1v) is 9.03. The van der Waals surface area contributed by atoms with Gasteiger partial charge in [0.25, 0.3) is 5.91 Å². The lowest BCUT2D eigenvalue weighted by molar-refractivity contribution is -0.144. The van der Waals surface area contributed by atoms with Crippen molar-refractivity contribution < 1.29 is 19.1 Å². The van der Waals surface area contributed by atoms with E-state index >= 15 is 0 Å². The van der Waals surface area contributed by atoms with E-state index in [4.69, 9.17) is 9.47 Å². The van der Waals surface area contributed by atoms with Gasteiger partial charge in [-0.1, -0.05) is 6.07 Å². The highest BCUT2D eigenvalue weighted by molar-refractivity contribution is 5.97. The van der Waals surface area contributed by atoms with Crippen LogP contribution in [0.5, 0.6) is 5.75 Å². The number of benzene rings is 1. The molecule has 6 heteroatoms. The first kappa shape index (κ1) is 17.7. The molecule has 2 heterocycles. The number of amides is 1. The number of piperidine rings is 1. The number of nitrogens with zero attached hydrogens (tertiary/aromatic N) is 1. The van der Waals surface area contributed by atoms with E-state index in [9.17, 15) is 9.59 Å². The molecule has 1 unspecified atom stereocenters. The van der Waals surface area contributed by atoms with Crippen molar-refractivity contribution in [1.29, 1.82) is 0 Å². The van der Waals surface area contributed by atoms with E-state index in [0.717, 1.165) is 49.5 Å². The highest BCUT2D eigenvalue weighted by Crippen LogP contribution is 2.31. The molecule has 0 aliphatic carbocycles. The van der Waals surface area contributed by atoms with Gasteiger partial charge in [-0.25, -0.2) is 0 Å². The highest BCUT2D eigenvalue weighted by Gasteiger charge is 2.25. The Labute approximate surface area is 148 Å². The number of fused-ring (bicyclic) bond motifs is 1. The molecule has 0 spiro atoms. The lowest BCUT2D eigenvalue weighted by Crippen LogP contribution is -2.35. The SMILES string of the molecule is CCOC(=O)CC1CCN(Cc2ccc3c(c2)NC(=O)C(C)O3)CC1.